The van der Waals surface area contributed by atoms with Crippen LogP contribution in [0.2, 0.25) is 0 Å². The first-order chi connectivity index (χ1) is 12.8. The molecule has 27 heavy (non-hydrogen) atoms. The number of hydrogen-bond donors (Lipinski definition) is 1. The van der Waals surface area contributed by atoms with E-state index in [9.17, 15) is 22.0 Å². The third-order valence-electron chi connectivity index (χ3n) is 3.97. The number of rotatable bonds is 9. The van der Waals surface area contributed by atoms with Crippen molar-refractivity contribution in [2.45, 2.75) is 19.8 Å². The molecule has 0 saturated heterocycles. The van der Waals surface area contributed by atoms with Crippen molar-refractivity contribution in [3.8, 4) is 0 Å². The minimum atomic E-state index is -3.55. The van der Waals surface area contributed by atoms with Crippen LogP contribution < -0.4 is 9.62 Å². The minimum absolute atomic E-state index is 0.0734. The molecule has 0 atom stereocenters. The van der Waals surface area contributed by atoms with Gasteiger partial charge in [-0.15, -0.1) is 0 Å². The molecule has 0 aliphatic heterocycles. The van der Waals surface area contributed by atoms with Crippen LogP contribution in [0.5, 0.6) is 0 Å². The molecule has 5 nitrogen and oxygen atoms in total. The van der Waals surface area contributed by atoms with Crippen molar-refractivity contribution in [2.24, 2.45) is 0 Å². The van der Waals surface area contributed by atoms with Crippen molar-refractivity contribution in [3.05, 3.63) is 65.7 Å². The Morgan fingerprint density at radius 1 is 1.04 bits per heavy atom. The first kappa shape index (κ1) is 21.0. The van der Waals surface area contributed by atoms with E-state index in [-0.39, 0.29) is 18.8 Å². The van der Waals surface area contributed by atoms with E-state index in [2.05, 4.69) is 4.72 Å². The molecule has 0 aliphatic carbocycles. The van der Waals surface area contributed by atoms with Gasteiger partial charge < -0.3 is 4.90 Å². The maximum absolute atomic E-state index is 13.9. The Bertz CT molecular complexity index is 854. The number of benzene rings is 2. The van der Waals surface area contributed by atoms with Crippen molar-refractivity contribution < 1.29 is 22.0 Å². The third kappa shape index (κ3) is 6.41. The molecule has 0 spiro atoms. The van der Waals surface area contributed by atoms with Gasteiger partial charge in [0.25, 0.3) is 0 Å². The number of nitrogens with zero attached hydrogens (tertiary/aromatic N) is 1. The highest BCUT2D eigenvalue weighted by Crippen LogP contribution is 2.23. The van der Waals surface area contributed by atoms with Crippen molar-refractivity contribution in [1.29, 1.82) is 0 Å². The van der Waals surface area contributed by atoms with Gasteiger partial charge >= 0.3 is 0 Å². The average molecular weight is 396 g/mol. The number of aryl methyl sites for hydroxylation is 1. The van der Waals surface area contributed by atoms with Gasteiger partial charge in [0.15, 0.2) is 0 Å². The van der Waals surface area contributed by atoms with Gasteiger partial charge in [-0.3, -0.25) is 4.79 Å². The van der Waals surface area contributed by atoms with Crippen molar-refractivity contribution >= 4 is 21.6 Å². The molecule has 146 valence electrons. The average Bonchev–Trinajstić information content (AvgIpc) is 2.60. The van der Waals surface area contributed by atoms with Gasteiger partial charge in [0.05, 0.1) is 5.75 Å². The quantitative estimate of drug-likeness (QED) is 0.709. The fourth-order valence-electron chi connectivity index (χ4n) is 2.67. The number of carbonyl (C=O) groups excluding carboxylic acids is 1. The zero-order valence-corrected chi connectivity index (χ0v) is 15.8. The van der Waals surface area contributed by atoms with Gasteiger partial charge in [-0.05, 0) is 30.5 Å². The summed E-state index contributed by atoms with van der Waals surface area (Å²) >= 11 is 0. The Morgan fingerprint density at radius 2 is 1.67 bits per heavy atom. The van der Waals surface area contributed by atoms with E-state index in [1.807, 2.05) is 30.3 Å². The first-order valence-electron chi connectivity index (χ1n) is 8.53. The van der Waals surface area contributed by atoms with E-state index in [1.54, 1.807) is 0 Å². The summed E-state index contributed by atoms with van der Waals surface area (Å²) in [5.41, 5.74) is 0.568. The highest BCUT2D eigenvalue weighted by molar-refractivity contribution is 7.89. The maximum Gasteiger partial charge on any atom is 0.224 e. The van der Waals surface area contributed by atoms with Crippen LogP contribution in [0.25, 0.3) is 0 Å². The highest BCUT2D eigenvalue weighted by Gasteiger charge is 2.20. The fraction of sp³-hybridized carbons (Fsp3) is 0.316. The summed E-state index contributed by atoms with van der Waals surface area (Å²) in [6, 6.07) is 12.8. The van der Waals surface area contributed by atoms with Crippen LogP contribution >= 0.6 is 0 Å². The largest absolute Gasteiger partial charge is 0.306 e. The van der Waals surface area contributed by atoms with Crippen LogP contribution in [0.15, 0.2) is 48.5 Å². The van der Waals surface area contributed by atoms with E-state index in [1.165, 1.54) is 13.0 Å². The molecule has 2 rings (SSSR count). The Hall–Kier alpha value is -2.32. The molecule has 0 bridgehead atoms. The number of anilines is 1. The lowest BCUT2D eigenvalue weighted by Gasteiger charge is -2.22. The molecule has 8 heteroatoms. The summed E-state index contributed by atoms with van der Waals surface area (Å²) in [7, 11) is -3.55. The van der Waals surface area contributed by atoms with Crippen molar-refractivity contribution in [1.82, 2.24) is 4.72 Å². The lowest BCUT2D eigenvalue weighted by Crippen LogP contribution is -2.39. The van der Waals surface area contributed by atoms with Gasteiger partial charge in [-0.1, -0.05) is 36.4 Å². The molecular formula is C19H22F2N2O3S. The number of para-hydroxylation sites is 1. The van der Waals surface area contributed by atoms with Gasteiger partial charge in [0, 0.05) is 20.0 Å². The zero-order chi connectivity index (χ0) is 19.9. The van der Waals surface area contributed by atoms with Crippen molar-refractivity contribution in [3.63, 3.8) is 0 Å². The summed E-state index contributed by atoms with van der Waals surface area (Å²) in [5.74, 6) is -2.41. The number of nitrogens with one attached hydrogen (secondary N) is 1. The highest BCUT2D eigenvalue weighted by atomic mass is 32.2. The molecule has 0 aliphatic rings. The topological polar surface area (TPSA) is 66.5 Å². The normalized spacial score (nSPS) is 11.4. The summed E-state index contributed by atoms with van der Waals surface area (Å²) in [5, 5.41) is 0. The van der Waals surface area contributed by atoms with Gasteiger partial charge in [0.2, 0.25) is 15.9 Å². The summed E-state index contributed by atoms with van der Waals surface area (Å²) in [6.07, 6.45) is 1.07. The molecule has 0 unspecified atom stereocenters. The lowest BCUT2D eigenvalue weighted by molar-refractivity contribution is -0.116. The smallest absolute Gasteiger partial charge is 0.224 e. The second-order valence-corrected chi connectivity index (χ2v) is 7.97. The number of halogens is 2. The molecule has 0 radical (unpaired) electrons. The summed E-state index contributed by atoms with van der Waals surface area (Å²) in [6.45, 7) is 0.854. The lowest BCUT2D eigenvalue weighted by atomic mass is 10.1. The van der Waals surface area contributed by atoms with E-state index in [0.29, 0.717) is 12.8 Å². The molecule has 2 aromatic rings. The molecule has 0 fully saturated rings. The van der Waals surface area contributed by atoms with E-state index in [4.69, 9.17) is 0 Å². The monoisotopic (exact) mass is 396 g/mol. The molecule has 0 aromatic heterocycles. The Balaban J connectivity index is 1.89. The Morgan fingerprint density at radius 3 is 2.26 bits per heavy atom. The Labute approximate surface area is 158 Å². The Kier molecular flexibility index (Phi) is 7.44. The zero-order valence-electron chi connectivity index (χ0n) is 15.0. The van der Waals surface area contributed by atoms with Gasteiger partial charge in [-0.25, -0.2) is 21.9 Å². The SMILES string of the molecule is CC(=O)N(CCNS(=O)(=O)CCCc1ccccc1)c1c(F)cccc1F. The van der Waals surface area contributed by atoms with Gasteiger partial charge in [-0.2, -0.15) is 0 Å². The van der Waals surface area contributed by atoms with E-state index in [0.717, 1.165) is 22.6 Å². The predicted molar refractivity (Wildman–Crippen MR) is 101 cm³/mol. The molecule has 0 saturated carbocycles. The van der Waals surface area contributed by atoms with Crippen LogP contribution in [-0.2, 0) is 21.2 Å². The summed E-state index contributed by atoms with van der Waals surface area (Å²) in [4.78, 5) is 12.6. The standard InChI is InChI=1S/C19H22F2N2O3S/c1-15(24)23(19-17(20)10-5-11-18(19)21)13-12-22-27(25,26)14-6-9-16-7-3-2-4-8-16/h2-5,7-8,10-11,22H,6,9,12-14H2,1H3. The second kappa shape index (κ2) is 9.57. The molecular weight excluding hydrogens is 374 g/mol. The number of sulfonamides is 1. The molecule has 1 amide bonds. The second-order valence-electron chi connectivity index (χ2n) is 6.04. The first-order valence-corrected chi connectivity index (χ1v) is 10.2. The van der Waals surface area contributed by atoms with Crippen LogP contribution in [0.3, 0.4) is 0 Å². The van der Waals surface area contributed by atoms with Crippen molar-refractivity contribution in [2.75, 3.05) is 23.7 Å². The third-order valence-corrected chi connectivity index (χ3v) is 5.44. The maximum atomic E-state index is 13.9. The fourth-order valence-corrected chi connectivity index (χ4v) is 3.74. The molecule has 2 aromatic carbocycles. The molecule has 1 N–H and O–H groups in total. The summed E-state index contributed by atoms with van der Waals surface area (Å²) < 4.78 is 54.3. The predicted octanol–water partition coefficient (Wildman–Crippen LogP) is 2.87. The number of amides is 1. The van der Waals surface area contributed by atoms with E-state index < -0.39 is 33.3 Å². The minimum Gasteiger partial charge on any atom is -0.306 e. The van der Waals surface area contributed by atoms with Crippen LogP contribution in [0.4, 0.5) is 14.5 Å². The van der Waals surface area contributed by atoms with Crippen LogP contribution in [0.1, 0.15) is 18.9 Å². The van der Waals surface area contributed by atoms with Crippen LogP contribution in [-0.4, -0.2) is 33.2 Å². The van der Waals surface area contributed by atoms with Crippen LogP contribution in [0, 0.1) is 11.6 Å². The molecule has 0 heterocycles. The number of hydrogen-bond acceptors (Lipinski definition) is 3. The van der Waals surface area contributed by atoms with Gasteiger partial charge in [0.1, 0.15) is 17.3 Å². The number of carbonyl (C=O) groups is 1. The van der Waals surface area contributed by atoms with E-state index >= 15 is 0 Å².